The van der Waals surface area contributed by atoms with E-state index in [1.165, 1.54) is 52.0 Å². The van der Waals surface area contributed by atoms with Gasteiger partial charge in [-0.3, -0.25) is 4.79 Å². The Kier molecular flexibility index (Phi) is 4.90. The molecule has 2 heterocycles. The average molecular weight is 420 g/mol. The Bertz CT molecular complexity index is 1220. The number of hydrogen-bond donors (Lipinski definition) is 0. The van der Waals surface area contributed by atoms with E-state index in [1.807, 2.05) is 0 Å². The van der Waals surface area contributed by atoms with Crippen molar-refractivity contribution in [3.8, 4) is 0 Å². The largest absolute Gasteiger partial charge is 0.319 e. The predicted molar refractivity (Wildman–Crippen MR) is 105 cm³/mol. The smallest absolute Gasteiger partial charge is 0.279 e. The molecule has 28 heavy (non-hydrogen) atoms. The second-order valence-electron chi connectivity index (χ2n) is 6.61. The van der Waals surface area contributed by atoms with Crippen LogP contribution >= 0.6 is 11.3 Å². The van der Waals surface area contributed by atoms with Crippen molar-refractivity contribution in [1.29, 1.82) is 0 Å². The van der Waals surface area contributed by atoms with Gasteiger partial charge in [0.15, 0.2) is 4.80 Å². The lowest BCUT2D eigenvalue weighted by atomic mass is 10.2. The number of aryl methyl sites for hydroxylation is 1. The van der Waals surface area contributed by atoms with Gasteiger partial charge in [0.05, 0.1) is 15.1 Å². The molecule has 1 aromatic heterocycles. The molecule has 0 atom stereocenters. The fourth-order valence-corrected chi connectivity index (χ4v) is 5.77. The van der Waals surface area contributed by atoms with Gasteiger partial charge >= 0.3 is 0 Å². The molecule has 146 valence electrons. The number of aromatic nitrogens is 1. The molecule has 0 saturated carbocycles. The molecule has 6 nitrogen and oxygen atoms in total. The number of amides is 1. The topological polar surface area (TPSA) is 71.7 Å². The zero-order chi connectivity index (χ0) is 19.9. The first kappa shape index (κ1) is 19.0. The van der Waals surface area contributed by atoms with Gasteiger partial charge in [-0.05, 0) is 55.3 Å². The van der Waals surface area contributed by atoms with Crippen molar-refractivity contribution >= 4 is 37.5 Å². The Morgan fingerprint density at radius 3 is 2.46 bits per heavy atom. The van der Waals surface area contributed by atoms with Crippen LogP contribution in [0.25, 0.3) is 10.2 Å². The lowest BCUT2D eigenvalue weighted by Gasteiger charge is -2.15. The molecular weight excluding hydrogens is 401 g/mol. The van der Waals surface area contributed by atoms with Crippen LogP contribution in [-0.2, 0) is 17.1 Å². The van der Waals surface area contributed by atoms with Crippen LogP contribution in [0.1, 0.15) is 23.2 Å². The summed E-state index contributed by atoms with van der Waals surface area (Å²) in [5, 5.41) is 0. The molecule has 0 aliphatic carbocycles. The van der Waals surface area contributed by atoms with Crippen LogP contribution in [0.4, 0.5) is 4.39 Å². The Hall–Kier alpha value is -2.36. The number of halogens is 1. The fraction of sp³-hybridized carbons (Fsp3) is 0.263. The summed E-state index contributed by atoms with van der Waals surface area (Å²) < 4.78 is 42.4. The summed E-state index contributed by atoms with van der Waals surface area (Å²) in [6, 6.07) is 10.2. The van der Waals surface area contributed by atoms with Crippen molar-refractivity contribution < 1.29 is 17.6 Å². The van der Waals surface area contributed by atoms with Gasteiger partial charge in [-0.25, -0.2) is 12.8 Å². The van der Waals surface area contributed by atoms with E-state index in [0.29, 0.717) is 28.2 Å². The van der Waals surface area contributed by atoms with Crippen LogP contribution in [-0.4, -0.2) is 36.3 Å². The first-order valence-corrected chi connectivity index (χ1v) is 11.1. The van der Waals surface area contributed by atoms with Gasteiger partial charge in [0, 0.05) is 25.7 Å². The van der Waals surface area contributed by atoms with Crippen LogP contribution in [0.2, 0.25) is 0 Å². The van der Waals surface area contributed by atoms with Crippen LogP contribution in [0, 0.1) is 5.82 Å². The summed E-state index contributed by atoms with van der Waals surface area (Å²) in [7, 11) is -1.76. The molecule has 0 N–H and O–H groups in total. The molecule has 1 aliphatic rings. The molecule has 0 radical (unpaired) electrons. The molecule has 1 fully saturated rings. The van der Waals surface area contributed by atoms with Crippen molar-refractivity contribution in [2.45, 2.75) is 17.7 Å². The zero-order valence-electron chi connectivity index (χ0n) is 15.1. The molecule has 9 heteroatoms. The van der Waals surface area contributed by atoms with E-state index >= 15 is 0 Å². The highest BCUT2D eigenvalue weighted by Crippen LogP contribution is 2.21. The van der Waals surface area contributed by atoms with Crippen molar-refractivity contribution in [3.05, 3.63) is 58.6 Å². The third kappa shape index (κ3) is 3.41. The predicted octanol–water partition coefficient (Wildman–Crippen LogP) is 2.90. The fourth-order valence-electron chi connectivity index (χ4n) is 3.21. The third-order valence-corrected chi connectivity index (χ3v) is 7.78. The van der Waals surface area contributed by atoms with E-state index < -0.39 is 15.9 Å². The normalized spacial score (nSPS) is 16.1. The van der Waals surface area contributed by atoms with Gasteiger partial charge in [0.1, 0.15) is 5.82 Å². The number of rotatable bonds is 3. The summed E-state index contributed by atoms with van der Waals surface area (Å²) in [6.45, 7) is 1.06. The number of hydrogen-bond acceptors (Lipinski definition) is 4. The number of fused-ring (bicyclic) bond motifs is 1. The summed E-state index contributed by atoms with van der Waals surface area (Å²) in [6.07, 6.45) is 1.73. The molecule has 3 aromatic rings. The first-order valence-electron chi connectivity index (χ1n) is 8.80. The second kappa shape index (κ2) is 7.23. The van der Waals surface area contributed by atoms with E-state index in [-0.39, 0.29) is 10.7 Å². The Balaban J connectivity index is 1.64. The van der Waals surface area contributed by atoms with Gasteiger partial charge in [0.25, 0.3) is 5.91 Å². The summed E-state index contributed by atoms with van der Waals surface area (Å²) in [5.41, 5.74) is 1.08. The number of sulfonamides is 1. The molecule has 4 rings (SSSR count). The van der Waals surface area contributed by atoms with Gasteiger partial charge < -0.3 is 4.57 Å². The third-order valence-electron chi connectivity index (χ3n) is 4.77. The van der Waals surface area contributed by atoms with E-state index in [1.54, 1.807) is 17.7 Å². The van der Waals surface area contributed by atoms with E-state index in [2.05, 4.69) is 4.99 Å². The first-order chi connectivity index (χ1) is 13.4. The monoisotopic (exact) mass is 419 g/mol. The maximum absolute atomic E-state index is 13.4. The number of carbonyl (C=O) groups excluding carboxylic acids is 1. The standard InChI is InChI=1S/C19H18FN3O3S2/c1-22-16-9-6-14(20)12-17(16)27-19(22)21-18(24)13-4-7-15(8-5-13)28(25,26)23-10-2-3-11-23/h4-9,12H,2-3,10-11H2,1H3. The lowest BCUT2D eigenvalue weighted by Crippen LogP contribution is -2.27. The Morgan fingerprint density at radius 1 is 1.11 bits per heavy atom. The molecule has 0 spiro atoms. The summed E-state index contributed by atoms with van der Waals surface area (Å²) in [5.74, 6) is -0.824. The van der Waals surface area contributed by atoms with Gasteiger partial charge in [-0.1, -0.05) is 11.3 Å². The second-order valence-corrected chi connectivity index (χ2v) is 9.56. The Labute approximate surface area is 165 Å². The molecule has 0 bridgehead atoms. The highest BCUT2D eigenvalue weighted by Gasteiger charge is 2.27. The molecule has 2 aromatic carbocycles. The van der Waals surface area contributed by atoms with Crippen molar-refractivity contribution in [2.75, 3.05) is 13.1 Å². The van der Waals surface area contributed by atoms with Gasteiger partial charge in [0.2, 0.25) is 10.0 Å². The number of nitrogens with zero attached hydrogens (tertiary/aromatic N) is 3. The van der Waals surface area contributed by atoms with E-state index in [0.717, 1.165) is 18.4 Å². The number of thiazole rings is 1. The highest BCUT2D eigenvalue weighted by atomic mass is 32.2. The quantitative estimate of drug-likeness (QED) is 0.655. The average Bonchev–Trinajstić information content (AvgIpc) is 3.31. The van der Waals surface area contributed by atoms with E-state index in [9.17, 15) is 17.6 Å². The molecule has 1 amide bonds. The summed E-state index contributed by atoms with van der Waals surface area (Å²) >= 11 is 1.22. The minimum Gasteiger partial charge on any atom is -0.319 e. The Morgan fingerprint density at radius 2 is 1.79 bits per heavy atom. The van der Waals surface area contributed by atoms with Crippen LogP contribution < -0.4 is 4.80 Å². The van der Waals surface area contributed by atoms with Crippen LogP contribution in [0.5, 0.6) is 0 Å². The minimum absolute atomic E-state index is 0.175. The van der Waals surface area contributed by atoms with Crippen LogP contribution in [0.3, 0.4) is 0 Å². The van der Waals surface area contributed by atoms with Gasteiger partial charge in [-0.2, -0.15) is 9.30 Å². The van der Waals surface area contributed by atoms with Crippen molar-refractivity contribution in [1.82, 2.24) is 8.87 Å². The van der Waals surface area contributed by atoms with Crippen molar-refractivity contribution in [3.63, 3.8) is 0 Å². The van der Waals surface area contributed by atoms with Crippen molar-refractivity contribution in [2.24, 2.45) is 12.0 Å². The molecule has 0 unspecified atom stereocenters. The van der Waals surface area contributed by atoms with E-state index in [4.69, 9.17) is 0 Å². The maximum Gasteiger partial charge on any atom is 0.279 e. The molecule has 1 aliphatic heterocycles. The lowest BCUT2D eigenvalue weighted by molar-refractivity contribution is 0.0998. The van der Waals surface area contributed by atoms with Gasteiger partial charge in [-0.15, -0.1) is 0 Å². The highest BCUT2D eigenvalue weighted by molar-refractivity contribution is 7.89. The SMILES string of the molecule is Cn1c(=NC(=O)c2ccc(S(=O)(=O)N3CCCC3)cc2)sc2cc(F)ccc21. The maximum atomic E-state index is 13.4. The molecule has 1 saturated heterocycles. The number of benzene rings is 2. The van der Waals surface area contributed by atoms with Crippen LogP contribution in [0.15, 0.2) is 52.4 Å². The minimum atomic E-state index is -3.51. The summed E-state index contributed by atoms with van der Waals surface area (Å²) in [4.78, 5) is 17.3. The molecular formula is C19H18FN3O3S2. The zero-order valence-corrected chi connectivity index (χ0v) is 16.8. The number of carbonyl (C=O) groups is 1.